The molecule has 4 fully saturated rings. The maximum absolute atomic E-state index is 13.1. The summed E-state index contributed by atoms with van der Waals surface area (Å²) in [7, 11) is 0. The van der Waals surface area contributed by atoms with Crippen LogP contribution in [0.5, 0.6) is 5.75 Å². The number of benzene rings is 2. The van der Waals surface area contributed by atoms with E-state index in [-0.39, 0.29) is 48.3 Å². The van der Waals surface area contributed by atoms with Gasteiger partial charge in [0.25, 0.3) is 0 Å². The van der Waals surface area contributed by atoms with Crippen molar-refractivity contribution in [3.05, 3.63) is 53.6 Å². The normalized spacial score (nSPS) is 29.3. The second-order valence-corrected chi connectivity index (χ2v) is 10.5. The summed E-state index contributed by atoms with van der Waals surface area (Å²) >= 11 is 0. The second kappa shape index (κ2) is 8.04. The van der Waals surface area contributed by atoms with Crippen molar-refractivity contribution in [1.82, 2.24) is 0 Å². The van der Waals surface area contributed by atoms with Crippen LogP contribution in [0.15, 0.2) is 42.5 Å². The number of carbonyl (C=O) groups excluding carboxylic acids is 4. The highest BCUT2D eigenvalue weighted by Gasteiger charge is 2.61. The van der Waals surface area contributed by atoms with Crippen molar-refractivity contribution in [3.63, 3.8) is 0 Å². The molecule has 180 valence electrons. The highest BCUT2D eigenvalue weighted by molar-refractivity contribution is 6.22. The van der Waals surface area contributed by atoms with Crippen molar-refractivity contribution < 1.29 is 23.9 Å². The number of ether oxygens (including phenoxy) is 1. The van der Waals surface area contributed by atoms with Crippen molar-refractivity contribution in [2.45, 2.75) is 39.5 Å². The van der Waals surface area contributed by atoms with E-state index < -0.39 is 11.9 Å². The Hall–Kier alpha value is -3.48. The van der Waals surface area contributed by atoms with Crippen LogP contribution in [-0.2, 0) is 19.2 Å². The summed E-state index contributed by atoms with van der Waals surface area (Å²) in [6.07, 6.45) is 3.12. The molecule has 0 N–H and O–H groups in total. The van der Waals surface area contributed by atoms with E-state index in [1.165, 1.54) is 4.90 Å². The van der Waals surface area contributed by atoms with Gasteiger partial charge < -0.3 is 9.64 Å². The minimum atomic E-state index is -0.588. The molecule has 2 aromatic rings. The van der Waals surface area contributed by atoms with Gasteiger partial charge in [0.15, 0.2) is 0 Å². The first-order valence-corrected chi connectivity index (χ1v) is 12.4. The number of nitrogens with zero attached hydrogens (tertiary/aromatic N) is 2. The van der Waals surface area contributed by atoms with Crippen LogP contribution in [0.3, 0.4) is 0 Å². The summed E-state index contributed by atoms with van der Waals surface area (Å²) in [6.45, 7) is 4.17. The molecule has 7 heteroatoms. The van der Waals surface area contributed by atoms with Crippen LogP contribution in [-0.4, -0.2) is 30.2 Å². The monoisotopic (exact) mass is 472 g/mol. The Labute approximate surface area is 204 Å². The van der Waals surface area contributed by atoms with Crippen molar-refractivity contribution in [3.8, 4) is 5.75 Å². The van der Waals surface area contributed by atoms with Crippen LogP contribution in [0.4, 0.5) is 11.4 Å². The van der Waals surface area contributed by atoms with Gasteiger partial charge in [-0.2, -0.15) is 0 Å². The van der Waals surface area contributed by atoms with E-state index in [0.29, 0.717) is 17.5 Å². The van der Waals surface area contributed by atoms with E-state index in [0.717, 1.165) is 36.1 Å². The Balaban J connectivity index is 1.18. The number of amides is 3. The number of imide groups is 1. The third-order valence-electron chi connectivity index (χ3n) is 8.39. The minimum Gasteiger partial charge on any atom is -0.426 e. The van der Waals surface area contributed by atoms with E-state index in [1.807, 2.05) is 32.0 Å². The fourth-order valence-electron chi connectivity index (χ4n) is 6.86. The summed E-state index contributed by atoms with van der Waals surface area (Å²) in [5.74, 6) is -0.935. The predicted molar refractivity (Wildman–Crippen MR) is 129 cm³/mol. The fourth-order valence-corrected chi connectivity index (χ4v) is 6.86. The Kier molecular flexibility index (Phi) is 5.06. The molecule has 2 saturated carbocycles. The number of esters is 1. The lowest BCUT2D eigenvalue weighted by Crippen LogP contribution is -2.32. The molecule has 0 aromatic heterocycles. The SMILES string of the molecule is Cc1cccc(C)c1N1C[C@H](C(=O)Oc2cccc(N3C(=O)[C@H]4[C@H]5CC[C@@H](C5)[C@@H]4C3=O)c2)CC1=O. The first-order valence-electron chi connectivity index (χ1n) is 12.4. The number of anilines is 2. The molecular weight excluding hydrogens is 444 g/mol. The van der Waals surface area contributed by atoms with Crippen molar-refractivity contribution >= 4 is 35.1 Å². The quantitative estimate of drug-likeness (QED) is 0.384. The maximum atomic E-state index is 13.1. The molecule has 0 unspecified atom stereocenters. The minimum absolute atomic E-state index is 0.0849. The average molecular weight is 473 g/mol. The fraction of sp³-hybridized carbons (Fsp3) is 0.429. The molecule has 6 rings (SSSR count). The van der Waals surface area contributed by atoms with Crippen LogP contribution in [0.1, 0.15) is 36.8 Å². The van der Waals surface area contributed by atoms with Crippen LogP contribution in [0.2, 0.25) is 0 Å². The molecule has 2 aliphatic carbocycles. The lowest BCUT2D eigenvalue weighted by molar-refractivity contribution is -0.139. The molecule has 2 aromatic carbocycles. The number of rotatable bonds is 4. The van der Waals surface area contributed by atoms with E-state index in [4.69, 9.17) is 4.74 Å². The highest BCUT2D eigenvalue weighted by atomic mass is 16.5. The third kappa shape index (κ3) is 3.39. The highest BCUT2D eigenvalue weighted by Crippen LogP contribution is 2.56. The average Bonchev–Trinajstić information content (AvgIpc) is 3.58. The topological polar surface area (TPSA) is 84.0 Å². The first-order chi connectivity index (χ1) is 16.8. The molecule has 5 atom stereocenters. The zero-order valence-electron chi connectivity index (χ0n) is 19.9. The van der Waals surface area contributed by atoms with E-state index >= 15 is 0 Å². The standard InChI is InChI=1S/C28H28N2O5/c1-15-5-3-6-16(2)25(15)29-14-19(12-22(29)31)28(34)35-21-8-4-7-20(13-21)30-26(32)23-17-9-10-18(11-17)24(23)27(30)33/h3-8,13,17-19,23-24H,9-12,14H2,1-2H3/t17-,18-,19+,23-,24-/m0/s1. The zero-order chi connectivity index (χ0) is 24.4. The van der Waals surface area contributed by atoms with E-state index in [9.17, 15) is 19.2 Å². The molecule has 2 saturated heterocycles. The van der Waals surface area contributed by atoms with Gasteiger partial charge in [-0.25, -0.2) is 4.90 Å². The predicted octanol–water partition coefficient (Wildman–Crippen LogP) is 3.80. The van der Waals surface area contributed by atoms with Crippen molar-refractivity contribution in [2.24, 2.45) is 29.6 Å². The summed E-state index contributed by atoms with van der Waals surface area (Å²) in [4.78, 5) is 55.0. The molecule has 4 aliphatic rings. The lowest BCUT2D eigenvalue weighted by Gasteiger charge is -2.21. The number of hydrogen-bond acceptors (Lipinski definition) is 5. The Morgan fingerprint density at radius 2 is 1.54 bits per heavy atom. The van der Waals surface area contributed by atoms with Gasteiger partial charge in [0.05, 0.1) is 23.4 Å². The number of para-hydroxylation sites is 1. The van der Waals surface area contributed by atoms with E-state index in [2.05, 4.69) is 0 Å². The molecule has 2 heterocycles. The second-order valence-electron chi connectivity index (χ2n) is 10.5. The largest absolute Gasteiger partial charge is 0.426 e. The van der Waals surface area contributed by atoms with Crippen LogP contribution in [0, 0.1) is 43.4 Å². The van der Waals surface area contributed by atoms with Gasteiger partial charge in [-0.05, 0) is 68.2 Å². The summed E-state index contributed by atoms with van der Waals surface area (Å²) < 4.78 is 5.64. The Morgan fingerprint density at radius 1 is 0.914 bits per heavy atom. The molecule has 2 bridgehead atoms. The van der Waals surface area contributed by atoms with Crippen LogP contribution < -0.4 is 14.5 Å². The number of fused-ring (bicyclic) bond motifs is 5. The maximum Gasteiger partial charge on any atom is 0.316 e. The Morgan fingerprint density at radius 3 is 2.20 bits per heavy atom. The van der Waals surface area contributed by atoms with Gasteiger partial charge in [0.2, 0.25) is 17.7 Å². The summed E-state index contributed by atoms with van der Waals surface area (Å²) in [6, 6.07) is 12.5. The molecule has 7 nitrogen and oxygen atoms in total. The van der Waals surface area contributed by atoms with Crippen LogP contribution in [0.25, 0.3) is 0 Å². The van der Waals surface area contributed by atoms with Gasteiger partial charge in [-0.15, -0.1) is 0 Å². The first kappa shape index (κ1) is 22.0. The van der Waals surface area contributed by atoms with Crippen LogP contribution >= 0.6 is 0 Å². The molecule has 2 aliphatic heterocycles. The third-order valence-corrected chi connectivity index (χ3v) is 8.39. The number of aryl methyl sites for hydroxylation is 2. The molecule has 0 radical (unpaired) electrons. The van der Waals surface area contributed by atoms with Gasteiger partial charge in [0, 0.05) is 24.7 Å². The summed E-state index contributed by atoms with van der Waals surface area (Å²) in [5, 5.41) is 0. The molecule has 3 amide bonds. The van der Waals surface area contributed by atoms with Gasteiger partial charge in [-0.3, -0.25) is 19.2 Å². The van der Waals surface area contributed by atoms with Crippen molar-refractivity contribution in [1.29, 1.82) is 0 Å². The number of hydrogen-bond donors (Lipinski definition) is 0. The van der Waals surface area contributed by atoms with Crippen molar-refractivity contribution in [2.75, 3.05) is 16.3 Å². The molecule has 35 heavy (non-hydrogen) atoms. The zero-order valence-corrected chi connectivity index (χ0v) is 19.9. The lowest BCUT2D eigenvalue weighted by atomic mass is 9.81. The van der Waals surface area contributed by atoms with Gasteiger partial charge in [0.1, 0.15) is 5.75 Å². The Bertz CT molecular complexity index is 1220. The molecule has 0 spiro atoms. The van der Waals surface area contributed by atoms with Gasteiger partial charge >= 0.3 is 5.97 Å². The van der Waals surface area contributed by atoms with Gasteiger partial charge in [-0.1, -0.05) is 24.3 Å². The van der Waals surface area contributed by atoms with E-state index in [1.54, 1.807) is 29.2 Å². The smallest absolute Gasteiger partial charge is 0.316 e. The number of carbonyl (C=O) groups is 4. The summed E-state index contributed by atoms with van der Waals surface area (Å²) in [5.41, 5.74) is 3.26. The molecular formula is C28H28N2O5.